The van der Waals surface area contributed by atoms with E-state index >= 15 is 0 Å². The molecule has 1 aromatic heterocycles. The molecule has 1 saturated heterocycles. The molecule has 0 spiro atoms. The first-order valence-electron chi connectivity index (χ1n) is 12.8. The molecule has 2 N–H and O–H groups in total. The fourth-order valence-electron chi connectivity index (χ4n) is 5.21. The van der Waals surface area contributed by atoms with Crippen molar-refractivity contribution < 1.29 is 14.4 Å². The van der Waals surface area contributed by atoms with Gasteiger partial charge in [-0.05, 0) is 57.9 Å². The van der Waals surface area contributed by atoms with Crippen LogP contribution >= 0.6 is 0 Å². The topological polar surface area (TPSA) is 99.6 Å². The number of piperazine rings is 1. The predicted molar refractivity (Wildman–Crippen MR) is 135 cm³/mol. The van der Waals surface area contributed by atoms with Gasteiger partial charge in [0.05, 0.1) is 17.1 Å². The van der Waals surface area contributed by atoms with Crippen LogP contribution in [0.25, 0.3) is 11.0 Å². The number of nitrogens with zero attached hydrogens (tertiary/aromatic N) is 4. The maximum Gasteiger partial charge on any atom is 0.254 e. The lowest BCUT2D eigenvalue weighted by atomic mass is 9.83. The highest BCUT2D eigenvalue weighted by Gasteiger charge is 2.36. The van der Waals surface area contributed by atoms with Gasteiger partial charge in [0.1, 0.15) is 11.9 Å². The van der Waals surface area contributed by atoms with Gasteiger partial charge in [-0.1, -0.05) is 19.3 Å². The van der Waals surface area contributed by atoms with E-state index < -0.39 is 6.04 Å². The Hall–Kier alpha value is -2.94. The van der Waals surface area contributed by atoms with Crippen LogP contribution < -0.4 is 10.6 Å². The Morgan fingerprint density at radius 2 is 1.69 bits per heavy atom. The Morgan fingerprint density at radius 3 is 2.34 bits per heavy atom. The van der Waals surface area contributed by atoms with E-state index in [1.807, 2.05) is 46.5 Å². The van der Waals surface area contributed by atoms with Crippen molar-refractivity contribution in [2.75, 3.05) is 33.2 Å². The van der Waals surface area contributed by atoms with Gasteiger partial charge >= 0.3 is 0 Å². The highest BCUT2D eigenvalue weighted by molar-refractivity contribution is 5.97. The highest BCUT2D eigenvalue weighted by Crippen LogP contribution is 2.28. The number of benzene rings is 1. The smallest absolute Gasteiger partial charge is 0.254 e. The number of imidazole rings is 1. The maximum atomic E-state index is 13.6. The van der Waals surface area contributed by atoms with Crippen molar-refractivity contribution in [3.63, 3.8) is 0 Å². The lowest BCUT2D eigenvalue weighted by molar-refractivity contribution is -0.140. The van der Waals surface area contributed by atoms with Crippen molar-refractivity contribution in [2.45, 2.75) is 58.0 Å². The Morgan fingerprint density at radius 1 is 1.03 bits per heavy atom. The van der Waals surface area contributed by atoms with Crippen LogP contribution in [0, 0.1) is 12.8 Å². The molecule has 2 aromatic rings. The molecule has 1 aromatic carbocycles. The number of aromatic nitrogens is 2. The maximum absolute atomic E-state index is 13.6. The minimum atomic E-state index is -0.503. The summed E-state index contributed by atoms with van der Waals surface area (Å²) in [5, 5.41) is 5.99. The number of hydrogen-bond donors (Lipinski definition) is 2. The minimum Gasteiger partial charge on any atom is -0.343 e. The van der Waals surface area contributed by atoms with Gasteiger partial charge in [-0.25, -0.2) is 4.98 Å². The molecule has 2 aliphatic rings. The first-order valence-corrected chi connectivity index (χ1v) is 12.8. The van der Waals surface area contributed by atoms with Crippen LogP contribution in [0.3, 0.4) is 0 Å². The Balaban J connectivity index is 1.42. The Labute approximate surface area is 207 Å². The molecule has 1 aliphatic carbocycles. The van der Waals surface area contributed by atoms with E-state index in [1.54, 1.807) is 14.0 Å². The van der Waals surface area contributed by atoms with Gasteiger partial charge < -0.3 is 25.0 Å². The molecule has 2 fully saturated rings. The van der Waals surface area contributed by atoms with Gasteiger partial charge in [-0.2, -0.15) is 0 Å². The van der Waals surface area contributed by atoms with Gasteiger partial charge in [0, 0.05) is 38.8 Å². The molecule has 2 atom stereocenters. The van der Waals surface area contributed by atoms with Crippen LogP contribution in [0.1, 0.15) is 55.2 Å². The molecule has 3 amide bonds. The van der Waals surface area contributed by atoms with Crippen LogP contribution in [0.2, 0.25) is 0 Å². The van der Waals surface area contributed by atoms with Crippen LogP contribution in [-0.4, -0.2) is 82.4 Å². The van der Waals surface area contributed by atoms with Crippen molar-refractivity contribution in [3.05, 3.63) is 29.6 Å². The van der Waals surface area contributed by atoms with Gasteiger partial charge in [-0.3, -0.25) is 14.4 Å². The van der Waals surface area contributed by atoms with Gasteiger partial charge in [0.15, 0.2) is 0 Å². The number of fused-ring (bicyclic) bond motifs is 1. The number of nitrogens with one attached hydrogen (secondary N) is 2. The van der Waals surface area contributed by atoms with Crippen LogP contribution in [0.5, 0.6) is 0 Å². The van der Waals surface area contributed by atoms with Gasteiger partial charge in [-0.15, -0.1) is 0 Å². The third kappa shape index (κ3) is 5.34. The zero-order chi connectivity index (χ0) is 25.1. The fourth-order valence-corrected chi connectivity index (χ4v) is 5.21. The summed E-state index contributed by atoms with van der Waals surface area (Å²) in [6.07, 6.45) is 5.28. The van der Waals surface area contributed by atoms with E-state index in [1.165, 1.54) is 6.42 Å². The number of likely N-dealkylation sites (N-methyl/N-ethyl adjacent to an activating group) is 1. The van der Waals surface area contributed by atoms with E-state index in [9.17, 15) is 14.4 Å². The second-order valence-corrected chi connectivity index (χ2v) is 9.93. The third-order valence-electron chi connectivity index (χ3n) is 7.74. The van der Waals surface area contributed by atoms with Crippen molar-refractivity contribution >= 4 is 28.8 Å². The first kappa shape index (κ1) is 25.2. The molecule has 1 aliphatic heterocycles. The average molecular weight is 483 g/mol. The summed E-state index contributed by atoms with van der Waals surface area (Å²) in [5.41, 5.74) is 2.44. The summed E-state index contributed by atoms with van der Waals surface area (Å²) in [6, 6.07) is 4.75. The summed E-state index contributed by atoms with van der Waals surface area (Å²) in [7, 11) is 3.69. The number of carbonyl (C=O) groups is 3. The van der Waals surface area contributed by atoms with Crippen LogP contribution in [0.15, 0.2) is 18.2 Å². The van der Waals surface area contributed by atoms with E-state index in [0.717, 1.165) is 42.5 Å². The minimum absolute atomic E-state index is 0.0209. The third-order valence-corrected chi connectivity index (χ3v) is 7.74. The molecule has 35 heavy (non-hydrogen) atoms. The largest absolute Gasteiger partial charge is 0.343 e. The molecular formula is C26H38N6O3. The van der Waals surface area contributed by atoms with E-state index in [4.69, 9.17) is 0 Å². The van der Waals surface area contributed by atoms with Crippen LogP contribution in [0.4, 0.5) is 0 Å². The summed E-state index contributed by atoms with van der Waals surface area (Å²) < 4.78 is 1.98. The quantitative estimate of drug-likeness (QED) is 0.655. The predicted octanol–water partition coefficient (Wildman–Crippen LogP) is 1.84. The summed E-state index contributed by atoms with van der Waals surface area (Å²) >= 11 is 0. The molecule has 4 rings (SSSR count). The monoisotopic (exact) mass is 482 g/mol. The standard InChI is InChI=1S/C26H38N6O3/c1-17(27-3)24(33)29-23(19-8-6-5-7-9-19)26(35)32-14-12-31(13-15-32)25(34)20-10-11-21-22(16-20)30(4)18(2)28-21/h10-11,16-17,19,23,27H,5-9,12-15H2,1-4H3,(H,29,33)/t17-,23-/m0/s1. The van der Waals surface area contributed by atoms with Crippen molar-refractivity contribution in [1.82, 2.24) is 30.0 Å². The molecular weight excluding hydrogens is 444 g/mol. The molecule has 0 radical (unpaired) electrons. The fraction of sp³-hybridized carbons (Fsp3) is 0.615. The zero-order valence-corrected chi connectivity index (χ0v) is 21.3. The first-order chi connectivity index (χ1) is 16.8. The number of aryl methyl sites for hydroxylation is 2. The molecule has 9 heteroatoms. The molecule has 190 valence electrons. The lowest BCUT2D eigenvalue weighted by Gasteiger charge is -2.39. The SMILES string of the molecule is CN[C@@H](C)C(=O)N[C@H](C(=O)N1CCN(C(=O)c2ccc3nc(C)n(C)c3c2)CC1)C1CCCCC1. The van der Waals surface area contributed by atoms with E-state index in [0.29, 0.717) is 31.7 Å². The Kier molecular flexibility index (Phi) is 7.74. The molecule has 0 bridgehead atoms. The number of amides is 3. The van der Waals surface area contributed by atoms with Crippen molar-refractivity contribution in [2.24, 2.45) is 13.0 Å². The van der Waals surface area contributed by atoms with Gasteiger partial charge in [0.25, 0.3) is 5.91 Å². The molecule has 9 nitrogen and oxygen atoms in total. The van der Waals surface area contributed by atoms with Crippen LogP contribution in [-0.2, 0) is 16.6 Å². The number of hydrogen-bond acceptors (Lipinski definition) is 5. The van der Waals surface area contributed by atoms with E-state index in [-0.39, 0.29) is 29.7 Å². The van der Waals surface area contributed by atoms with Gasteiger partial charge in [0.2, 0.25) is 11.8 Å². The number of carbonyl (C=O) groups excluding carboxylic acids is 3. The molecule has 1 saturated carbocycles. The number of rotatable bonds is 6. The highest BCUT2D eigenvalue weighted by atomic mass is 16.2. The van der Waals surface area contributed by atoms with Crippen molar-refractivity contribution in [3.8, 4) is 0 Å². The second kappa shape index (κ2) is 10.8. The normalized spacial score (nSPS) is 19.0. The summed E-state index contributed by atoms with van der Waals surface area (Å²) in [5.74, 6) is 0.870. The second-order valence-electron chi connectivity index (χ2n) is 9.93. The average Bonchev–Trinajstić information content (AvgIpc) is 3.18. The lowest BCUT2D eigenvalue weighted by Crippen LogP contribution is -2.59. The van der Waals surface area contributed by atoms with E-state index in [2.05, 4.69) is 15.6 Å². The molecule has 2 heterocycles. The molecule has 0 unspecified atom stereocenters. The van der Waals surface area contributed by atoms with Crippen molar-refractivity contribution in [1.29, 1.82) is 0 Å². The summed E-state index contributed by atoms with van der Waals surface area (Å²) in [6.45, 7) is 5.64. The summed E-state index contributed by atoms with van der Waals surface area (Å²) in [4.78, 5) is 47.5. The Bertz CT molecular complexity index is 1080. The zero-order valence-electron chi connectivity index (χ0n) is 21.3.